The molecule has 0 saturated heterocycles. The molecule has 26 heavy (non-hydrogen) atoms. The Hall–Kier alpha value is -2.83. The van der Waals surface area contributed by atoms with Crippen molar-refractivity contribution >= 4 is 34.8 Å². The maximum Gasteiger partial charge on any atom is 0.289 e. The molecule has 0 spiro atoms. The lowest BCUT2D eigenvalue weighted by atomic mass is 10.1. The summed E-state index contributed by atoms with van der Waals surface area (Å²) in [6, 6.07) is 13.2. The van der Waals surface area contributed by atoms with Gasteiger partial charge in [0.25, 0.3) is 5.91 Å². The van der Waals surface area contributed by atoms with E-state index in [1.165, 1.54) is 0 Å². The molecule has 0 fully saturated rings. The van der Waals surface area contributed by atoms with Gasteiger partial charge in [0.05, 0.1) is 16.4 Å². The molecule has 1 amide bonds. The van der Waals surface area contributed by atoms with Crippen molar-refractivity contribution < 1.29 is 9.90 Å². The van der Waals surface area contributed by atoms with Gasteiger partial charge in [-0.2, -0.15) is 10.2 Å². The molecule has 3 rings (SSSR count). The predicted molar refractivity (Wildman–Crippen MR) is 102 cm³/mol. The third-order valence-corrected chi connectivity index (χ3v) is 4.17. The molecule has 0 atom stereocenters. The molecule has 0 bridgehead atoms. The lowest BCUT2D eigenvalue weighted by Gasteiger charge is -2.02. The summed E-state index contributed by atoms with van der Waals surface area (Å²) in [4.78, 5) is 12.2. The minimum absolute atomic E-state index is 0.126. The minimum Gasteiger partial charge on any atom is -0.508 e. The van der Waals surface area contributed by atoms with Crippen LogP contribution in [0, 0.1) is 0 Å². The average Bonchev–Trinajstić information content (AvgIpc) is 3.09. The zero-order valence-corrected chi connectivity index (χ0v) is 15.1. The number of H-pyrrole nitrogens is 1. The number of hydrazone groups is 1. The van der Waals surface area contributed by atoms with E-state index in [1.807, 2.05) is 0 Å². The van der Waals surface area contributed by atoms with Gasteiger partial charge in [-0.25, -0.2) is 5.43 Å². The van der Waals surface area contributed by atoms with Crippen molar-refractivity contribution in [2.45, 2.75) is 6.92 Å². The maximum atomic E-state index is 12.2. The second kappa shape index (κ2) is 7.59. The van der Waals surface area contributed by atoms with Crippen LogP contribution in [-0.4, -0.2) is 26.9 Å². The van der Waals surface area contributed by atoms with E-state index in [2.05, 4.69) is 20.7 Å². The number of hydrogen-bond donors (Lipinski definition) is 3. The molecule has 1 aromatic heterocycles. The van der Waals surface area contributed by atoms with Crippen molar-refractivity contribution in [1.29, 1.82) is 0 Å². The van der Waals surface area contributed by atoms with Crippen LogP contribution >= 0.6 is 23.2 Å². The number of aromatic hydroxyl groups is 1. The van der Waals surface area contributed by atoms with E-state index in [9.17, 15) is 9.90 Å². The van der Waals surface area contributed by atoms with Crippen LogP contribution in [0.2, 0.25) is 10.0 Å². The van der Waals surface area contributed by atoms with Crippen LogP contribution in [0.1, 0.15) is 23.0 Å². The first kappa shape index (κ1) is 18.0. The van der Waals surface area contributed by atoms with Gasteiger partial charge in [0.1, 0.15) is 11.4 Å². The van der Waals surface area contributed by atoms with E-state index in [0.717, 1.165) is 0 Å². The Morgan fingerprint density at radius 3 is 2.73 bits per heavy atom. The first-order valence-electron chi connectivity index (χ1n) is 7.59. The number of aromatic amines is 1. The molecular formula is C18H14Cl2N4O2. The zero-order valence-electron chi connectivity index (χ0n) is 13.6. The van der Waals surface area contributed by atoms with Crippen LogP contribution in [0.3, 0.4) is 0 Å². The van der Waals surface area contributed by atoms with Gasteiger partial charge in [-0.15, -0.1) is 0 Å². The van der Waals surface area contributed by atoms with E-state index in [4.69, 9.17) is 23.2 Å². The highest BCUT2D eigenvalue weighted by molar-refractivity contribution is 6.36. The highest BCUT2D eigenvalue weighted by Gasteiger charge is 2.13. The molecule has 3 aromatic rings. The van der Waals surface area contributed by atoms with Crippen molar-refractivity contribution in [2.24, 2.45) is 5.10 Å². The molecule has 132 valence electrons. The molecule has 6 nitrogen and oxygen atoms in total. The largest absolute Gasteiger partial charge is 0.508 e. The van der Waals surface area contributed by atoms with Gasteiger partial charge >= 0.3 is 0 Å². The summed E-state index contributed by atoms with van der Waals surface area (Å²) in [5.41, 5.74) is 5.11. The number of benzene rings is 2. The lowest BCUT2D eigenvalue weighted by Crippen LogP contribution is -2.19. The summed E-state index contributed by atoms with van der Waals surface area (Å²) in [7, 11) is 0. The number of aromatic nitrogens is 2. The summed E-state index contributed by atoms with van der Waals surface area (Å²) in [6.07, 6.45) is 0. The minimum atomic E-state index is -0.451. The first-order chi connectivity index (χ1) is 12.4. The molecule has 0 unspecified atom stereocenters. The Balaban J connectivity index is 1.75. The molecule has 1 heterocycles. The van der Waals surface area contributed by atoms with Gasteiger partial charge in [-0.3, -0.25) is 9.89 Å². The lowest BCUT2D eigenvalue weighted by molar-refractivity contribution is 0.0950. The van der Waals surface area contributed by atoms with E-state index in [0.29, 0.717) is 32.6 Å². The third kappa shape index (κ3) is 4.04. The first-order valence-corrected chi connectivity index (χ1v) is 8.34. The van der Waals surface area contributed by atoms with Crippen molar-refractivity contribution in [3.05, 3.63) is 69.8 Å². The summed E-state index contributed by atoms with van der Waals surface area (Å²) >= 11 is 12.0. The molecule has 0 aliphatic rings. The van der Waals surface area contributed by atoms with Crippen LogP contribution in [0.4, 0.5) is 0 Å². The second-order valence-corrected chi connectivity index (χ2v) is 6.32. The van der Waals surface area contributed by atoms with Gasteiger partial charge in [0, 0.05) is 16.1 Å². The van der Waals surface area contributed by atoms with Crippen molar-refractivity contribution in [3.63, 3.8) is 0 Å². The number of halogens is 2. The number of amides is 1. The standard InChI is InChI=1S/C18H14Cl2N4O2/c1-10(11-3-2-4-13(25)7-11)21-24-18(26)17-9-16(22-23-17)14-6-5-12(19)8-15(14)20/h2-9,25H,1H3,(H,22,23)(H,24,26). The average molecular weight is 389 g/mol. The van der Waals surface area contributed by atoms with E-state index >= 15 is 0 Å². The number of carbonyl (C=O) groups excluding carboxylic acids is 1. The summed E-state index contributed by atoms with van der Waals surface area (Å²) in [5.74, 6) is -0.324. The Morgan fingerprint density at radius 2 is 2.00 bits per heavy atom. The van der Waals surface area contributed by atoms with Crippen LogP contribution in [0.5, 0.6) is 5.75 Å². The number of phenolic OH excluding ortho intramolecular Hbond substituents is 1. The monoisotopic (exact) mass is 388 g/mol. The Morgan fingerprint density at radius 1 is 1.19 bits per heavy atom. The molecule has 0 aliphatic carbocycles. The fourth-order valence-electron chi connectivity index (χ4n) is 2.26. The molecule has 3 N–H and O–H groups in total. The third-order valence-electron chi connectivity index (χ3n) is 3.62. The molecular weight excluding hydrogens is 375 g/mol. The topological polar surface area (TPSA) is 90.4 Å². The van der Waals surface area contributed by atoms with Crippen molar-refractivity contribution in [2.75, 3.05) is 0 Å². The summed E-state index contributed by atoms with van der Waals surface area (Å²) in [5, 5.41) is 21.2. The maximum absolute atomic E-state index is 12.2. The van der Waals surface area contributed by atoms with Crippen molar-refractivity contribution in [3.8, 4) is 17.0 Å². The second-order valence-electron chi connectivity index (χ2n) is 5.48. The zero-order chi connectivity index (χ0) is 18.7. The molecule has 0 aliphatic heterocycles. The van der Waals surface area contributed by atoms with Gasteiger partial charge < -0.3 is 5.11 Å². The number of hydrogen-bond acceptors (Lipinski definition) is 4. The molecule has 0 radical (unpaired) electrons. The van der Waals surface area contributed by atoms with Gasteiger partial charge in [0.15, 0.2) is 0 Å². The normalized spacial score (nSPS) is 11.4. The van der Waals surface area contributed by atoms with E-state index in [-0.39, 0.29) is 11.4 Å². The van der Waals surface area contributed by atoms with E-state index in [1.54, 1.807) is 55.5 Å². The van der Waals surface area contributed by atoms with Gasteiger partial charge in [-0.05, 0) is 43.3 Å². The number of carbonyl (C=O) groups is 1. The summed E-state index contributed by atoms with van der Waals surface area (Å²) < 4.78 is 0. The van der Waals surface area contributed by atoms with Crippen LogP contribution < -0.4 is 5.43 Å². The number of phenols is 1. The SMILES string of the molecule is CC(=NNC(=O)c1cc(-c2ccc(Cl)cc2Cl)n[nH]1)c1cccc(O)c1. The number of rotatable bonds is 4. The fraction of sp³-hybridized carbons (Fsp3) is 0.0556. The highest BCUT2D eigenvalue weighted by Crippen LogP contribution is 2.29. The van der Waals surface area contributed by atoms with E-state index < -0.39 is 5.91 Å². The predicted octanol–water partition coefficient (Wildman–Crippen LogP) is 4.24. The fourth-order valence-corrected chi connectivity index (χ4v) is 2.77. The molecule has 8 heteroatoms. The molecule has 2 aromatic carbocycles. The van der Waals surface area contributed by atoms with Crippen LogP contribution in [-0.2, 0) is 0 Å². The highest BCUT2D eigenvalue weighted by atomic mass is 35.5. The number of nitrogens with zero attached hydrogens (tertiary/aromatic N) is 2. The van der Waals surface area contributed by atoms with Gasteiger partial charge in [0.2, 0.25) is 0 Å². The van der Waals surface area contributed by atoms with Crippen LogP contribution in [0.15, 0.2) is 53.6 Å². The Bertz CT molecular complexity index is 998. The quantitative estimate of drug-likeness (QED) is 0.460. The van der Waals surface area contributed by atoms with Gasteiger partial charge in [-0.1, -0.05) is 35.3 Å². The van der Waals surface area contributed by atoms with Crippen molar-refractivity contribution in [1.82, 2.24) is 15.6 Å². The smallest absolute Gasteiger partial charge is 0.289 e. The number of nitrogens with one attached hydrogen (secondary N) is 2. The Labute approximate surface area is 159 Å². The summed E-state index contributed by atoms with van der Waals surface area (Å²) in [6.45, 7) is 1.72. The molecule has 0 saturated carbocycles. The van der Waals surface area contributed by atoms with Crippen LogP contribution in [0.25, 0.3) is 11.3 Å². The Kier molecular flexibility index (Phi) is 5.25.